The highest BCUT2D eigenvalue weighted by Crippen LogP contribution is 2.39. The number of carboxylic acid groups (broad SMARTS) is 1. The Balaban J connectivity index is 3.30. The summed E-state index contributed by atoms with van der Waals surface area (Å²) in [6, 6.07) is 1.28. The van der Waals surface area contributed by atoms with Crippen molar-refractivity contribution < 1.29 is 14.6 Å². The molecule has 0 saturated heterocycles. The van der Waals surface area contributed by atoms with Crippen molar-refractivity contribution in [3.63, 3.8) is 0 Å². The minimum atomic E-state index is -1.45. The molecule has 1 aromatic carbocycles. The van der Waals surface area contributed by atoms with Crippen LogP contribution in [0.5, 0.6) is 5.75 Å². The van der Waals surface area contributed by atoms with Crippen LogP contribution in [0.15, 0.2) is 6.07 Å². The van der Waals surface area contributed by atoms with Crippen LogP contribution in [0.25, 0.3) is 0 Å². The highest BCUT2D eigenvalue weighted by atomic mass is 35.5. The molecule has 82 valence electrons. The zero-order chi connectivity index (χ0) is 11.6. The van der Waals surface area contributed by atoms with Crippen LogP contribution in [0.1, 0.15) is 12.5 Å². The molecule has 3 nitrogen and oxygen atoms in total. The van der Waals surface area contributed by atoms with E-state index in [1.807, 2.05) is 6.92 Å². The molecule has 6 heteroatoms. The summed E-state index contributed by atoms with van der Waals surface area (Å²) in [6.07, 6.45) is -0.911. The SMILES string of the molecule is CCc1c(Cl)c(Cl)cc(OC(=O)O)c1Cl. The second kappa shape index (κ2) is 4.92. The molecule has 0 aliphatic heterocycles. The van der Waals surface area contributed by atoms with Crippen LogP contribution < -0.4 is 4.74 Å². The molecule has 1 aromatic rings. The summed E-state index contributed by atoms with van der Waals surface area (Å²) in [5, 5.41) is 9.17. The molecule has 0 atom stereocenters. The first-order valence-electron chi connectivity index (χ1n) is 4.04. The Morgan fingerprint density at radius 2 is 2.00 bits per heavy atom. The van der Waals surface area contributed by atoms with E-state index in [4.69, 9.17) is 39.9 Å². The van der Waals surface area contributed by atoms with Gasteiger partial charge in [-0.3, -0.25) is 0 Å². The third kappa shape index (κ3) is 2.68. The molecule has 0 spiro atoms. The normalized spacial score (nSPS) is 10.1. The zero-order valence-electron chi connectivity index (χ0n) is 7.68. The number of benzene rings is 1. The largest absolute Gasteiger partial charge is 0.511 e. The van der Waals surface area contributed by atoms with Gasteiger partial charge in [-0.05, 0) is 12.0 Å². The molecule has 0 aromatic heterocycles. The van der Waals surface area contributed by atoms with E-state index in [0.29, 0.717) is 17.0 Å². The standard InChI is InChI=1S/C9H7Cl3O3/c1-2-4-7(11)5(10)3-6(8(4)12)15-9(13)14/h3H,2H2,1H3,(H,13,14). The Hall–Kier alpha value is -0.640. The van der Waals surface area contributed by atoms with E-state index < -0.39 is 6.16 Å². The van der Waals surface area contributed by atoms with E-state index in [0.717, 1.165) is 0 Å². The quantitative estimate of drug-likeness (QED) is 0.495. The number of hydrogen-bond donors (Lipinski definition) is 1. The summed E-state index contributed by atoms with van der Waals surface area (Å²) >= 11 is 17.6. The number of carbonyl (C=O) groups is 1. The van der Waals surface area contributed by atoms with Crippen LogP contribution >= 0.6 is 34.8 Å². The van der Waals surface area contributed by atoms with Crippen molar-refractivity contribution in [3.05, 3.63) is 26.7 Å². The van der Waals surface area contributed by atoms with Gasteiger partial charge in [0.2, 0.25) is 0 Å². The first kappa shape index (κ1) is 12.4. The van der Waals surface area contributed by atoms with E-state index >= 15 is 0 Å². The second-order valence-corrected chi connectivity index (χ2v) is 3.85. The van der Waals surface area contributed by atoms with Crippen LogP contribution in [0.3, 0.4) is 0 Å². The highest BCUT2D eigenvalue weighted by molar-refractivity contribution is 6.44. The maximum absolute atomic E-state index is 10.4. The molecule has 0 fully saturated rings. The molecular formula is C9H7Cl3O3. The minimum Gasteiger partial charge on any atom is -0.449 e. The van der Waals surface area contributed by atoms with E-state index in [2.05, 4.69) is 4.74 Å². The minimum absolute atomic E-state index is 0.00424. The van der Waals surface area contributed by atoms with E-state index in [1.165, 1.54) is 6.07 Å². The van der Waals surface area contributed by atoms with Gasteiger partial charge in [-0.2, -0.15) is 0 Å². The van der Waals surface area contributed by atoms with Crippen LogP contribution in [-0.4, -0.2) is 11.3 Å². The van der Waals surface area contributed by atoms with E-state index in [9.17, 15) is 4.79 Å². The van der Waals surface area contributed by atoms with E-state index in [-0.39, 0.29) is 15.8 Å². The third-order valence-corrected chi connectivity index (χ3v) is 3.01. The fraction of sp³-hybridized carbons (Fsp3) is 0.222. The summed E-state index contributed by atoms with van der Waals surface area (Å²) in [5.41, 5.74) is 0.571. The monoisotopic (exact) mass is 268 g/mol. The molecule has 0 radical (unpaired) electrons. The third-order valence-electron chi connectivity index (χ3n) is 1.76. The van der Waals surface area contributed by atoms with Crippen molar-refractivity contribution in [1.82, 2.24) is 0 Å². The first-order valence-corrected chi connectivity index (χ1v) is 5.17. The lowest BCUT2D eigenvalue weighted by molar-refractivity contribution is 0.144. The smallest absolute Gasteiger partial charge is 0.449 e. The van der Waals surface area contributed by atoms with Gasteiger partial charge in [0.1, 0.15) is 0 Å². The van der Waals surface area contributed by atoms with Crippen molar-refractivity contribution in [1.29, 1.82) is 0 Å². The summed E-state index contributed by atoms with van der Waals surface area (Å²) in [6.45, 7) is 1.83. The number of rotatable bonds is 2. The lowest BCUT2D eigenvalue weighted by Gasteiger charge is -2.10. The topological polar surface area (TPSA) is 46.5 Å². The lowest BCUT2D eigenvalue weighted by atomic mass is 10.1. The van der Waals surface area contributed by atoms with Crippen LogP contribution in [0, 0.1) is 0 Å². The van der Waals surface area contributed by atoms with Gasteiger partial charge in [0.15, 0.2) is 5.75 Å². The Bertz CT molecular complexity index is 404. The lowest BCUT2D eigenvalue weighted by Crippen LogP contribution is -2.04. The first-order chi connectivity index (χ1) is 6.97. The van der Waals surface area contributed by atoms with Crippen molar-refractivity contribution in [2.45, 2.75) is 13.3 Å². The molecule has 0 bridgehead atoms. The van der Waals surface area contributed by atoms with Gasteiger partial charge >= 0.3 is 6.16 Å². The van der Waals surface area contributed by atoms with E-state index in [1.54, 1.807) is 0 Å². The Kier molecular flexibility index (Phi) is 4.08. The predicted octanol–water partition coefficient (Wildman–Crippen LogP) is 4.27. The van der Waals surface area contributed by atoms with Crippen LogP contribution in [0.4, 0.5) is 4.79 Å². The van der Waals surface area contributed by atoms with Gasteiger partial charge in [-0.1, -0.05) is 41.7 Å². The van der Waals surface area contributed by atoms with Crippen molar-refractivity contribution in [2.24, 2.45) is 0 Å². The van der Waals surface area contributed by atoms with Crippen LogP contribution in [-0.2, 0) is 6.42 Å². The van der Waals surface area contributed by atoms with Crippen LogP contribution in [0.2, 0.25) is 15.1 Å². The summed E-state index contributed by atoms with van der Waals surface area (Å²) in [4.78, 5) is 10.4. The summed E-state index contributed by atoms with van der Waals surface area (Å²) in [7, 11) is 0. The molecule has 0 amide bonds. The second-order valence-electron chi connectivity index (χ2n) is 2.68. The van der Waals surface area contributed by atoms with Crippen molar-refractivity contribution >= 4 is 41.0 Å². The fourth-order valence-corrected chi connectivity index (χ4v) is 1.98. The molecule has 1 N–H and O–H groups in total. The molecule has 15 heavy (non-hydrogen) atoms. The molecule has 0 aliphatic rings. The predicted molar refractivity (Wildman–Crippen MR) is 59.5 cm³/mol. The Morgan fingerprint density at radius 3 is 2.47 bits per heavy atom. The fourth-order valence-electron chi connectivity index (χ4n) is 1.11. The summed E-state index contributed by atoms with van der Waals surface area (Å²) < 4.78 is 4.46. The van der Waals surface area contributed by atoms with Gasteiger partial charge in [0.25, 0.3) is 0 Å². The van der Waals surface area contributed by atoms with Gasteiger partial charge in [0.05, 0.1) is 15.1 Å². The molecule has 0 unspecified atom stereocenters. The Labute approximate surface area is 102 Å². The molecule has 0 heterocycles. The number of ether oxygens (including phenoxy) is 1. The van der Waals surface area contributed by atoms with Gasteiger partial charge < -0.3 is 9.84 Å². The zero-order valence-corrected chi connectivity index (χ0v) is 9.95. The molecule has 0 aliphatic carbocycles. The number of halogens is 3. The maximum Gasteiger partial charge on any atom is 0.511 e. The number of hydrogen-bond acceptors (Lipinski definition) is 2. The van der Waals surface area contributed by atoms with Gasteiger partial charge in [-0.15, -0.1) is 0 Å². The highest BCUT2D eigenvalue weighted by Gasteiger charge is 2.16. The average Bonchev–Trinajstić information content (AvgIpc) is 2.14. The van der Waals surface area contributed by atoms with Gasteiger partial charge in [0, 0.05) is 6.07 Å². The molecule has 1 rings (SSSR count). The molecular weight excluding hydrogens is 262 g/mol. The summed E-state index contributed by atoms with van der Waals surface area (Å²) in [5.74, 6) is -0.00424. The van der Waals surface area contributed by atoms with Crippen molar-refractivity contribution in [3.8, 4) is 5.75 Å². The van der Waals surface area contributed by atoms with Crippen molar-refractivity contribution in [2.75, 3.05) is 0 Å². The van der Waals surface area contributed by atoms with Gasteiger partial charge in [-0.25, -0.2) is 4.79 Å². The molecule has 0 saturated carbocycles. The maximum atomic E-state index is 10.4. The Morgan fingerprint density at radius 1 is 1.40 bits per heavy atom. The average molecular weight is 270 g/mol.